The first-order valence-corrected chi connectivity index (χ1v) is 6.46. The smallest absolute Gasteiger partial charge is 0.237 e. The largest absolute Gasteiger partial charge is 0.276 e. The topological polar surface area (TPSA) is 72.0 Å². The second-order valence-electron chi connectivity index (χ2n) is 4.64. The molecule has 0 aliphatic carbocycles. The summed E-state index contributed by atoms with van der Waals surface area (Å²) in [6.45, 7) is 4.14. The van der Waals surface area contributed by atoms with E-state index in [0.29, 0.717) is 0 Å². The van der Waals surface area contributed by atoms with Gasteiger partial charge in [-0.25, -0.2) is 0 Å². The lowest BCUT2D eigenvalue weighted by Gasteiger charge is -2.10. The third-order valence-electron chi connectivity index (χ3n) is 3.24. The van der Waals surface area contributed by atoms with Crippen LogP contribution in [-0.4, -0.2) is 5.71 Å². The Bertz CT molecular complexity index is 760. The SMILES string of the molecule is Cc1ccc(-c2ccccc2NN=C(C#N)C#N)cc1C. The van der Waals surface area contributed by atoms with Crippen molar-refractivity contribution in [2.45, 2.75) is 13.8 Å². The van der Waals surface area contributed by atoms with E-state index in [4.69, 9.17) is 10.5 Å². The van der Waals surface area contributed by atoms with Gasteiger partial charge in [-0.3, -0.25) is 5.43 Å². The van der Waals surface area contributed by atoms with Gasteiger partial charge in [0, 0.05) is 5.56 Å². The summed E-state index contributed by atoms with van der Waals surface area (Å²) in [5.41, 5.74) is 7.82. The van der Waals surface area contributed by atoms with Gasteiger partial charge in [-0.05, 0) is 36.6 Å². The number of anilines is 1. The van der Waals surface area contributed by atoms with Gasteiger partial charge in [0.2, 0.25) is 5.71 Å². The number of nitrogens with one attached hydrogen (secondary N) is 1. The molecule has 102 valence electrons. The maximum Gasteiger partial charge on any atom is 0.237 e. The average Bonchev–Trinajstić information content (AvgIpc) is 2.51. The van der Waals surface area contributed by atoms with Gasteiger partial charge in [0.05, 0.1) is 5.69 Å². The molecule has 1 N–H and O–H groups in total. The van der Waals surface area contributed by atoms with Crippen molar-refractivity contribution in [3.63, 3.8) is 0 Å². The molecule has 0 aliphatic heterocycles. The van der Waals surface area contributed by atoms with E-state index in [0.717, 1.165) is 16.8 Å². The lowest BCUT2D eigenvalue weighted by atomic mass is 9.99. The van der Waals surface area contributed by atoms with Crippen LogP contribution >= 0.6 is 0 Å². The van der Waals surface area contributed by atoms with Crippen LogP contribution in [-0.2, 0) is 0 Å². The number of hydrogen-bond acceptors (Lipinski definition) is 4. The zero-order chi connectivity index (χ0) is 15.2. The Morgan fingerprint density at radius 1 is 1.00 bits per heavy atom. The molecule has 0 amide bonds. The van der Waals surface area contributed by atoms with E-state index in [1.807, 2.05) is 30.3 Å². The van der Waals surface area contributed by atoms with Crippen molar-refractivity contribution < 1.29 is 0 Å². The van der Waals surface area contributed by atoms with Gasteiger partial charge in [0.15, 0.2) is 0 Å². The molecule has 0 saturated heterocycles. The molecule has 21 heavy (non-hydrogen) atoms. The van der Waals surface area contributed by atoms with E-state index >= 15 is 0 Å². The molecule has 0 spiro atoms. The molecule has 0 atom stereocenters. The van der Waals surface area contributed by atoms with Gasteiger partial charge >= 0.3 is 0 Å². The summed E-state index contributed by atoms with van der Waals surface area (Å²) in [6, 6.07) is 17.3. The minimum Gasteiger partial charge on any atom is -0.276 e. The molecule has 2 aromatic rings. The van der Waals surface area contributed by atoms with Crippen LogP contribution < -0.4 is 5.43 Å². The molecule has 0 fully saturated rings. The van der Waals surface area contributed by atoms with Crippen LogP contribution in [0.15, 0.2) is 47.6 Å². The molecule has 4 heteroatoms. The Kier molecular flexibility index (Phi) is 4.33. The molecular weight excluding hydrogens is 260 g/mol. The fourth-order valence-electron chi connectivity index (χ4n) is 1.93. The van der Waals surface area contributed by atoms with Gasteiger partial charge in [-0.1, -0.05) is 36.4 Å². The fraction of sp³-hybridized carbons (Fsp3) is 0.118. The maximum atomic E-state index is 8.71. The Morgan fingerprint density at radius 3 is 2.38 bits per heavy atom. The number of benzene rings is 2. The molecule has 0 bridgehead atoms. The van der Waals surface area contributed by atoms with E-state index in [-0.39, 0.29) is 5.71 Å². The lowest BCUT2D eigenvalue weighted by Crippen LogP contribution is -1.98. The standard InChI is InChI=1S/C17H14N4/c1-12-7-8-14(9-13(12)2)16-5-3-4-6-17(16)21-20-15(10-18)11-19/h3-9,21H,1-2H3. The molecule has 0 radical (unpaired) electrons. The first-order chi connectivity index (χ1) is 10.2. The molecular formula is C17H14N4. The van der Waals surface area contributed by atoms with Gasteiger partial charge < -0.3 is 0 Å². The quantitative estimate of drug-likeness (QED) is 0.683. The van der Waals surface area contributed by atoms with Crippen molar-refractivity contribution in [3.05, 3.63) is 53.6 Å². The first kappa shape index (κ1) is 14.3. The fourth-order valence-corrected chi connectivity index (χ4v) is 1.93. The van der Waals surface area contributed by atoms with Crippen molar-refractivity contribution in [3.8, 4) is 23.3 Å². The van der Waals surface area contributed by atoms with E-state index in [2.05, 4.69) is 36.5 Å². The second kappa shape index (κ2) is 6.36. The molecule has 0 aliphatic rings. The Morgan fingerprint density at radius 2 is 1.71 bits per heavy atom. The normalized spacial score (nSPS) is 9.33. The maximum absolute atomic E-state index is 8.71. The van der Waals surface area contributed by atoms with Gasteiger partial charge in [0.1, 0.15) is 12.1 Å². The zero-order valence-electron chi connectivity index (χ0n) is 11.9. The average molecular weight is 274 g/mol. The summed E-state index contributed by atoms with van der Waals surface area (Å²) >= 11 is 0. The van der Waals surface area contributed by atoms with Crippen LogP contribution in [0.3, 0.4) is 0 Å². The predicted octanol–water partition coefficient (Wildman–Crippen LogP) is 3.79. The van der Waals surface area contributed by atoms with Crippen molar-refractivity contribution in [2.75, 3.05) is 5.43 Å². The molecule has 2 rings (SSSR count). The van der Waals surface area contributed by atoms with E-state index in [1.54, 1.807) is 12.1 Å². The molecule has 0 heterocycles. The van der Waals surface area contributed by atoms with Crippen LogP contribution in [0.2, 0.25) is 0 Å². The van der Waals surface area contributed by atoms with Crippen molar-refractivity contribution >= 4 is 11.4 Å². The van der Waals surface area contributed by atoms with Gasteiger partial charge in [-0.2, -0.15) is 15.6 Å². The highest BCUT2D eigenvalue weighted by Crippen LogP contribution is 2.29. The van der Waals surface area contributed by atoms with Crippen molar-refractivity contribution in [1.82, 2.24) is 0 Å². The van der Waals surface area contributed by atoms with Crippen LogP contribution in [0.5, 0.6) is 0 Å². The third-order valence-corrected chi connectivity index (χ3v) is 3.24. The number of nitriles is 2. The van der Waals surface area contributed by atoms with E-state index in [1.165, 1.54) is 11.1 Å². The molecule has 4 nitrogen and oxygen atoms in total. The number of rotatable bonds is 3. The minimum atomic E-state index is -0.204. The van der Waals surface area contributed by atoms with Crippen molar-refractivity contribution in [1.29, 1.82) is 10.5 Å². The molecule has 0 saturated carbocycles. The summed E-state index contributed by atoms with van der Waals surface area (Å²) in [5, 5.41) is 21.2. The Hall–Kier alpha value is -3.11. The number of para-hydroxylation sites is 1. The summed E-state index contributed by atoms with van der Waals surface area (Å²) in [4.78, 5) is 0. The molecule has 2 aromatic carbocycles. The molecule has 0 aromatic heterocycles. The Balaban J connectivity index is 2.42. The summed E-state index contributed by atoms with van der Waals surface area (Å²) in [5.74, 6) is 0. The van der Waals surface area contributed by atoms with Crippen molar-refractivity contribution in [2.24, 2.45) is 5.10 Å². The van der Waals surface area contributed by atoms with E-state index < -0.39 is 0 Å². The van der Waals surface area contributed by atoms with Crippen LogP contribution in [0.25, 0.3) is 11.1 Å². The monoisotopic (exact) mass is 274 g/mol. The highest BCUT2D eigenvalue weighted by Gasteiger charge is 2.05. The second-order valence-corrected chi connectivity index (χ2v) is 4.64. The summed E-state index contributed by atoms with van der Waals surface area (Å²) < 4.78 is 0. The number of nitrogens with zero attached hydrogens (tertiary/aromatic N) is 3. The highest BCUT2D eigenvalue weighted by molar-refractivity contribution is 6.10. The van der Waals surface area contributed by atoms with Gasteiger partial charge in [0.25, 0.3) is 0 Å². The summed E-state index contributed by atoms with van der Waals surface area (Å²) in [7, 11) is 0. The lowest BCUT2D eigenvalue weighted by molar-refractivity contribution is 1.32. The minimum absolute atomic E-state index is 0.204. The predicted molar refractivity (Wildman–Crippen MR) is 83.6 cm³/mol. The van der Waals surface area contributed by atoms with Gasteiger partial charge in [-0.15, -0.1) is 0 Å². The zero-order valence-corrected chi connectivity index (χ0v) is 11.9. The highest BCUT2D eigenvalue weighted by atomic mass is 15.3. The third kappa shape index (κ3) is 3.26. The molecule has 0 unspecified atom stereocenters. The number of hydrogen-bond donors (Lipinski definition) is 1. The summed E-state index contributed by atoms with van der Waals surface area (Å²) in [6.07, 6.45) is 0. The van der Waals surface area contributed by atoms with Crippen LogP contribution in [0.1, 0.15) is 11.1 Å². The number of hydrazone groups is 1. The first-order valence-electron chi connectivity index (χ1n) is 6.46. The Labute approximate surface area is 124 Å². The van der Waals surface area contributed by atoms with Crippen LogP contribution in [0.4, 0.5) is 5.69 Å². The van der Waals surface area contributed by atoms with Crippen LogP contribution in [0, 0.1) is 36.5 Å². The number of aryl methyl sites for hydroxylation is 2. The van der Waals surface area contributed by atoms with E-state index in [9.17, 15) is 0 Å².